The topological polar surface area (TPSA) is 4.93 Å². The van der Waals surface area contributed by atoms with Crippen molar-refractivity contribution < 1.29 is 13.2 Å². The highest BCUT2D eigenvalue weighted by Crippen LogP contribution is 2.45. The minimum atomic E-state index is -4.11. The molecule has 96 valence electrons. The zero-order valence-corrected chi connectivity index (χ0v) is 10.1. The molecule has 1 aromatic carbocycles. The predicted molar refractivity (Wildman–Crippen MR) is 64.6 cm³/mol. The zero-order valence-electron chi connectivity index (χ0n) is 10.1. The molecule has 0 bridgehead atoms. The van der Waals surface area contributed by atoms with Gasteiger partial charge in [-0.2, -0.15) is 13.2 Å². The summed E-state index contributed by atoms with van der Waals surface area (Å²) in [4.78, 5) is 0. The van der Waals surface area contributed by atoms with E-state index in [9.17, 15) is 13.2 Å². The average Bonchev–Trinajstić information content (AvgIpc) is 2.76. The van der Waals surface area contributed by atoms with Crippen molar-refractivity contribution in [2.45, 2.75) is 37.9 Å². The highest BCUT2D eigenvalue weighted by Gasteiger charge is 2.44. The number of aryl methyl sites for hydroxylation is 1. The molecular formula is C14H14F3N. The third kappa shape index (κ3) is 1.71. The molecule has 0 fully saturated rings. The number of fused-ring (bicyclic) bond motifs is 3. The second-order valence-electron chi connectivity index (χ2n) is 5.34. The Morgan fingerprint density at radius 2 is 2.00 bits per heavy atom. The van der Waals surface area contributed by atoms with Crippen LogP contribution in [0.5, 0.6) is 0 Å². The minimum absolute atomic E-state index is 0.562. The van der Waals surface area contributed by atoms with Crippen molar-refractivity contribution in [1.82, 2.24) is 4.57 Å². The molecule has 2 heterocycles. The largest absolute Gasteiger partial charge is 0.390 e. The maximum atomic E-state index is 12.7. The lowest BCUT2D eigenvalue weighted by molar-refractivity contribution is -0.147. The second-order valence-corrected chi connectivity index (χ2v) is 5.34. The number of aromatic nitrogens is 1. The normalized spacial score (nSPS) is 23.6. The molecule has 0 saturated carbocycles. The summed E-state index contributed by atoms with van der Waals surface area (Å²) in [5.41, 5.74) is 1.08. The first-order valence-electron chi connectivity index (χ1n) is 6.05. The summed E-state index contributed by atoms with van der Waals surface area (Å²) in [5.74, 6) is 0. The van der Waals surface area contributed by atoms with E-state index in [1.54, 1.807) is 6.92 Å². The molecule has 4 heteroatoms. The Labute approximate surface area is 103 Å². The van der Waals surface area contributed by atoms with E-state index < -0.39 is 18.0 Å². The number of hydrogen-bond donors (Lipinski definition) is 0. The van der Waals surface area contributed by atoms with Gasteiger partial charge in [0.15, 0.2) is 0 Å². The van der Waals surface area contributed by atoms with E-state index in [1.165, 1.54) is 0 Å². The summed E-state index contributed by atoms with van der Waals surface area (Å²) in [6, 6.07) is 9.68. The first kappa shape index (κ1) is 11.6. The van der Waals surface area contributed by atoms with Crippen molar-refractivity contribution in [1.29, 1.82) is 0 Å². The Balaban J connectivity index is 2.11. The molecular weight excluding hydrogens is 239 g/mol. The molecule has 2 aromatic rings. The quantitative estimate of drug-likeness (QED) is 0.715. The van der Waals surface area contributed by atoms with Crippen LogP contribution in [-0.2, 0) is 12.0 Å². The van der Waals surface area contributed by atoms with E-state index >= 15 is 0 Å². The van der Waals surface area contributed by atoms with Gasteiger partial charge in [0.05, 0.1) is 6.42 Å². The molecule has 1 unspecified atom stereocenters. The molecule has 1 aliphatic rings. The van der Waals surface area contributed by atoms with Gasteiger partial charge in [0.2, 0.25) is 0 Å². The molecule has 18 heavy (non-hydrogen) atoms. The van der Waals surface area contributed by atoms with Crippen molar-refractivity contribution >= 4 is 10.9 Å². The van der Waals surface area contributed by atoms with Crippen LogP contribution in [0.1, 0.15) is 25.5 Å². The van der Waals surface area contributed by atoms with Gasteiger partial charge in [-0.05, 0) is 23.9 Å². The first-order chi connectivity index (χ1) is 8.39. The monoisotopic (exact) mass is 253 g/mol. The van der Waals surface area contributed by atoms with Gasteiger partial charge in [-0.25, -0.2) is 0 Å². The van der Waals surface area contributed by atoms with E-state index in [0.717, 1.165) is 16.6 Å². The molecule has 1 atom stereocenters. The standard InChI is InChI=1S/C14H14F3N/c1-13(9-14(15,16)17)6-7-18-11-5-3-2-4-10(11)8-12(13)18/h2-5,8H,6-7,9H2,1H3. The van der Waals surface area contributed by atoms with Gasteiger partial charge < -0.3 is 4.57 Å². The van der Waals surface area contributed by atoms with Gasteiger partial charge in [-0.1, -0.05) is 25.1 Å². The van der Waals surface area contributed by atoms with Crippen molar-refractivity contribution in [2.24, 2.45) is 0 Å². The third-order valence-corrected chi connectivity index (χ3v) is 3.91. The van der Waals surface area contributed by atoms with Crippen LogP contribution in [0.3, 0.4) is 0 Å². The van der Waals surface area contributed by atoms with Crippen LogP contribution in [0.25, 0.3) is 10.9 Å². The molecule has 0 N–H and O–H groups in total. The molecule has 1 aromatic heterocycles. The van der Waals surface area contributed by atoms with Crippen LogP contribution in [-0.4, -0.2) is 10.7 Å². The number of halogens is 3. The Hall–Kier alpha value is -1.45. The molecule has 0 spiro atoms. The molecule has 3 rings (SSSR count). The number of para-hydroxylation sites is 1. The van der Waals surface area contributed by atoms with Gasteiger partial charge >= 0.3 is 6.18 Å². The van der Waals surface area contributed by atoms with Gasteiger partial charge in [-0.15, -0.1) is 0 Å². The SMILES string of the molecule is CC1(CC(F)(F)F)CCn2c1cc1ccccc12. The van der Waals surface area contributed by atoms with Crippen LogP contribution in [0.15, 0.2) is 30.3 Å². The first-order valence-corrected chi connectivity index (χ1v) is 6.05. The van der Waals surface area contributed by atoms with Crippen molar-refractivity contribution in [3.8, 4) is 0 Å². The number of rotatable bonds is 1. The molecule has 1 aliphatic heterocycles. The highest BCUT2D eigenvalue weighted by atomic mass is 19.4. The minimum Gasteiger partial charge on any atom is -0.344 e. The molecule has 0 amide bonds. The Morgan fingerprint density at radius 1 is 1.28 bits per heavy atom. The summed E-state index contributed by atoms with van der Waals surface area (Å²) in [5, 5.41) is 1.03. The van der Waals surface area contributed by atoms with Gasteiger partial charge in [0.1, 0.15) is 0 Å². The molecule has 0 radical (unpaired) electrons. The second kappa shape index (κ2) is 3.53. The van der Waals surface area contributed by atoms with Crippen LogP contribution >= 0.6 is 0 Å². The van der Waals surface area contributed by atoms with Gasteiger partial charge in [0.25, 0.3) is 0 Å². The van der Waals surface area contributed by atoms with Gasteiger partial charge in [-0.3, -0.25) is 0 Å². The van der Waals surface area contributed by atoms with Crippen LogP contribution in [0.2, 0.25) is 0 Å². The third-order valence-electron chi connectivity index (χ3n) is 3.91. The molecule has 0 aliphatic carbocycles. The Morgan fingerprint density at radius 3 is 2.72 bits per heavy atom. The Kier molecular flexibility index (Phi) is 2.28. The number of hydrogen-bond acceptors (Lipinski definition) is 0. The fraction of sp³-hybridized carbons (Fsp3) is 0.429. The summed E-state index contributed by atoms with van der Waals surface area (Å²) < 4.78 is 40.1. The van der Waals surface area contributed by atoms with E-state index in [0.29, 0.717) is 13.0 Å². The van der Waals surface area contributed by atoms with E-state index in [-0.39, 0.29) is 0 Å². The summed E-state index contributed by atoms with van der Waals surface area (Å²) >= 11 is 0. The summed E-state index contributed by atoms with van der Waals surface area (Å²) in [6.07, 6.45) is -4.29. The van der Waals surface area contributed by atoms with Crippen molar-refractivity contribution in [2.75, 3.05) is 0 Å². The van der Waals surface area contributed by atoms with Crippen molar-refractivity contribution in [3.63, 3.8) is 0 Å². The maximum Gasteiger partial charge on any atom is 0.390 e. The zero-order chi connectivity index (χ0) is 13.0. The van der Waals surface area contributed by atoms with Crippen LogP contribution in [0.4, 0.5) is 13.2 Å². The van der Waals surface area contributed by atoms with E-state index in [2.05, 4.69) is 0 Å². The predicted octanol–water partition coefficient (Wildman–Crippen LogP) is 4.26. The lowest BCUT2D eigenvalue weighted by atomic mass is 9.82. The lowest BCUT2D eigenvalue weighted by Crippen LogP contribution is -2.27. The fourth-order valence-electron chi connectivity index (χ4n) is 3.06. The number of benzene rings is 1. The average molecular weight is 253 g/mol. The Bertz CT molecular complexity index is 597. The number of alkyl halides is 3. The number of nitrogens with zero attached hydrogens (tertiary/aromatic N) is 1. The van der Waals surface area contributed by atoms with Crippen LogP contribution < -0.4 is 0 Å². The molecule has 1 nitrogen and oxygen atoms in total. The summed E-state index contributed by atoms with van der Waals surface area (Å²) in [7, 11) is 0. The van der Waals surface area contributed by atoms with Gasteiger partial charge in [0, 0.05) is 23.2 Å². The highest BCUT2D eigenvalue weighted by molar-refractivity contribution is 5.82. The van der Waals surface area contributed by atoms with E-state index in [1.807, 2.05) is 34.9 Å². The van der Waals surface area contributed by atoms with Crippen LogP contribution in [0, 0.1) is 0 Å². The smallest absolute Gasteiger partial charge is 0.344 e. The fourth-order valence-corrected chi connectivity index (χ4v) is 3.06. The van der Waals surface area contributed by atoms with Crippen molar-refractivity contribution in [3.05, 3.63) is 36.0 Å². The maximum absolute atomic E-state index is 12.7. The summed E-state index contributed by atoms with van der Waals surface area (Å²) in [6.45, 7) is 2.40. The van der Waals surface area contributed by atoms with E-state index in [4.69, 9.17) is 0 Å². The lowest BCUT2D eigenvalue weighted by Gasteiger charge is -2.24. The molecule has 0 saturated heterocycles.